The highest BCUT2D eigenvalue weighted by molar-refractivity contribution is 5.90. The van der Waals surface area contributed by atoms with E-state index in [0.29, 0.717) is 0 Å². The minimum atomic E-state index is -0.522. The van der Waals surface area contributed by atoms with Crippen molar-refractivity contribution in [1.82, 2.24) is 4.98 Å². The molecule has 0 radical (unpaired) electrons. The normalized spacial score (nSPS) is 8.42. The molecule has 1 amide bonds. The molecule has 1 aromatic heterocycles. The second-order valence-corrected chi connectivity index (χ2v) is 2.17. The van der Waals surface area contributed by atoms with Crippen molar-refractivity contribution in [2.75, 3.05) is 0 Å². The maximum absolute atomic E-state index is 10.6. The Bertz CT molecular complexity index is 343. The molecule has 0 aliphatic rings. The molecule has 0 aromatic carbocycles. The number of carbonyl (C=O) groups is 1. The summed E-state index contributed by atoms with van der Waals surface area (Å²) in [5.74, 6) is 5.01. The predicted molar refractivity (Wildman–Crippen MR) is 45.3 cm³/mol. The Kier molecular flexibility index (Phi) is 2.44. The van der Waals surface area contributed by atoms with Crippen LogP contribution in [0.4, 0.5) is 0 Å². The van der Waals surface area contributed by atoms with E-state index in [0.717, 1.165) is 5.56 Å². The number of amides is 1. The minimum absolute atomic E-state index is 0.261. The van der Waals surface area contributed by atoms with Gasteiger partial charge in [0.25, 0.3) is 5.91 Å². The zero-order valence-electron chi connectivity index (χ0n) is 6.66. The molecule has 0 aliphatic heterocycles. The highest BCUT2D eigenvalue weighted by Gasteiger charge is 1.99. The van der Waals surface area contributed by atoms with E-state index in [2.05, 4.69) is 16.8 Å². The van der Waals surface area contributed by atoms with Gasteiger partial charge in [0, 0.05) is 11.8 Å². The van der Waals surface area contributed by atoms with Crippen LogP contribution in [-0.4, -0.2) is 10.9 Å². The number of hydrogen-bond acceptors (Lipinski definition) is 2. The molecular weight excluding hydrogens is 152 g/mol. The third-order valence-corrected chi connectivity index (χ3v) is 1.29. The lowest BCUT2D eigenvalue weighted by molar-refractivity contribution is 0.0995. The number of carbonyl (C=O) groups excluding carboxylic acids is 1. The van der Waals surface area contributed by atoms with Crippen LogP contribution in [0.1, 0.15) is 23.0 Å². The summed E-state index contributed by atoms with van der Waals surface area (Å²) < 4.78 is 0. The monoisotopic (exact) mass is 160 g/mol. The molecule has 0 unspecified atom stereocenters. The van der Waals surface area contributed by atoms with Crippen LogP contribution in [-0.2, 0) is 0 Å². The zero-order chi connectivity index (χ0) is 8.97. The Labute approximate surface area is 70.6 Å². The van der Waals surface area contributed by atoms with Gasteiger partial charge in [0.2, 0.25) is 0 Å². The van der Waals surface area contributed by atoms with Crippen LogP contribution in [0.2, 0.25) is 0 Å². The summed E-state index contributed by atoms with van der Waals surface area (Å²) in [7, 11) is 0. The molecular formula is C9H8N2O. The van der Waals surface area contributed by atoms with Crippen molar-refractivity contribution in [3.63, 3.8) is 0 Å². The van der Waals surface area contributed by atoms with Crippen LogP contribution >= 0.6 is 0 Å². The lowest BCUT2D eigenvalue weighted by Crippen LogP contribution is -2.12. The third kappa shape index (κ3) is 1.83. The minimum Gasteiger partial charge on any atom is -0.364 e. The van der Waals surface area contributed by atoms with E-state index >= 15 is 0 Å². The number of aromatic nitrogens is 1. The Balaban J connectivity index is 2.98. The molecule has 3 heteroatoms. The number of primary amides is 1. The van der Waals surface area contributed by atoms with Crippen LogP contribution in [0.3, 0.4) is 0 Å². The summed E-state index contributed by atoms with van der Waals surface area (Å²) in [5.41, 5.74) is 6.04. The van der Waals surface area contributed by atoms with Crippen LogP contribution < -0.4 is 5.73 Å². The quantitative estimate of drug-likeness (QED) is 0.610. The van der Waals surface area contributed by atoms with E-state index in [1.807, 2.05) is 0 Å². The van der Waals surface area contributed by atoms with Gasteiger partial charge in [-0.15, -0.1) is 5.92 Å². The molecule has 0 saturated heterocycles. The lowest BCUT2D eigenvalue weighted by atomic mass is 10.2. The van der Waals surface area contributed by atoms with Gasteiger partial charge in [0.1, 0.15) is 5.69 Å². The Morgan fingerprint density at radius 3 is 2.75 bits per heavy atom. The largest absolute Gasteiger partial charge is 0.364 e. The molecule has 3 nitrogen and oxygen atoms in total. The molecule has 12 heavy (non-hydrogen) atoms. The molecule has 0 fully saturated rings. The fourth-order valence-electron chi connectivity index (χ4n) is 0.758. The molecule has 0 atom stereocenters. The summed E-state index contributed by atoms with van der Waals surface area (Å²) >= 11 is 0. The Hall–Kier alpha value is -1.82. The van der Waals surface area contributed by atoms with Crippen LogP contribution in [0, 0.1) is 11.8 Å². The molecule has 1 heterocycles. The van der Waals surface area contributed by atoms with Gasteiger partial charge in [-0.1, -0.05) is 5.92 Å². The summed E-state index contributed by atoms with van der Waals surface area (Å²) in [6.45, 7) is 1.74. The van der Waals surface area contributed by atoms with Gasteiger partial charge in [0.05, 0.1) is 0 Å². The van der Waals surface area contributed by atoms with Crippen LogP contribution in [0.5, 0.6) is 0 Å². The van der Waals surface area contributed by atoms with Crippen molar-refractivity contribution in [3.8, 4) is 11.8 Å². The van der Waals surface area contributed by atoms with Crippen molar-refractivity contribution in [1.29, 1.82) is 0 Å². The van der Waals surface area contributed by atoms with Gasteiger partial charge >= 0.3 is 0 Å². The standard InChI is InChI=1S/C9H8N2O/c1-2-3-7-4-5-8(9(10)12)11-6-7/h4-6H,1H3,(H2,10,12). The Morgan fingerprint density at radius 1 is 1.58 bits per heavy atom. The second-order valence-electron chi connectivity index (χ2n) is 2.17. The number of hydrogen-bond donors (Lipinski definition) is 1. The molecule has 60 valence electrons. The number of nitrogens with zero attached hydrogens (tertiary/aromatic N) is 1. The van der Waals surface area contributed by atoms with Crippen molar-refractivity contribution >= 4 is 5.91 Å². The maximum Gasteiger partial charge on any atom is 0.267 e. The van der Waals surface area contributed by atoms with Crippen molar-refractivity contribution < 1.29 is 4.79 Å². The molecule has 0 spiro atoms. The lowest BCUT2D eigenvalue weighted by Gasteiger charge is -1.92. The first-order chi connectivity index (χ1) is 5.74. The van der Waals surface area contributed by atoms with E-state index in [4.69, 9.17) is 5.73 Å². The third-order valence-electron chi connectivity index (χ3n) is 1.29. The zero-order valence-corrected chi connectivity index (χ0v) is 6.66. The van der Waals surface area contributed by atoms with Crippen LogP contribution in [0.15, 0.2) is 18.3 Å². The van der Waals surface area contributed by atoms with Crippen molar-refractivity contribution in [3.05, 3.63) is 29.6 Å². The van der Waals surface area contributed by atoms with Crippen LogP contribution in [0.25, 0.3) is 0 Å². The Morgan fingerprint density at radius 2 is 2.33 bits per heavy atom. The summed E-state index contributed by atoms with van der Waals surface area (Å²) in [5, 5.41) is 0. The fourth-order valence-corrected chi connectivity index (χ4v) is 0.758. The van der Waals surface area contributed by atoms with Gasteiger partial charge < -0.3 is 5.73 Å². The first kappa shape index (κ1) is 8.28. The number of nitrogens with two attached hydrogens (primary N) is 1. The first-order valence-electron chi connectivity index (χ1n) is 3.42. The SMILES string of the molecule is CC#Cc1ccc(C(N)=O)nc1. The molecule has 2 N–H and O–H groups in total. The fraction of sp³-hybridized carbons (Fsp3) is 0.111. The number of rotatable bonds is 1. The molecule has 0 aliphatic carbocycles. The van der Waals surface area contributed by atoms with Gasteiger partial charge in [-0.2, -0.15) is 0 Å². The predicted octanol–water partition coefficient (Wildman–Crippen LogP) is 0.552. The van der Waals surface area contributed by atoms with Gasteiger partial charge in [-0.3, -0.25) is 4.79 Å². The average molecular weight is 160 g/mol. The topological polar surface area (TPSA) is 56.0 Å². The second kappa shape index (κ2) is 3.54. The molecule has 0 bridgehead atoms. The van der Waals surface area contributed by atoms with Crippen molar-refractivity contribution in [2.45, 2.75) is 6.92 Å². The maximum atomic E-state index is 10.6. The molecule has 1 rings (SSSR count). The first-order valence-corrected chi connectivity index (χ1v) is 3.42. The average Bonchev–Trinajstić information content (AvgIpc) is 2.06. The molecule has 1 aromatic rings. The van der Waals surface area contributed by atoms with Gasteiger partial charge in [-0.25, -0.2) is 4.98 Å². The van der Waals surface area contributed by atoms with Gasteiger partial charge in [-0.05, 0) is 19.1 Å². The van der Waals surface area contributed by atoms with E-state index < -0.39 is 5.91 Å². The summed E-state index contributed by atoms with van der Waals surface area (Å²) in [6, 6.07) is 3.27. The van der Waals surface area contributed by atoms with Gasteiger partial charge in [0.15, 0.2) is 0 Å². The van der Waals surface area contributed by atoms with E-state index in [-0.39, 0.29) is 5.69 Å². The van der Waals surface area contributed by atoms with Crippen molar-refractivity contribution in [2.24, 2.45) is 5.73 Å². The summed E-state index contributed by atoms with van der Waals surface area (Å²) in [6.07, 6.45) is 1.52. The van der Waals surface area contributed by atoms with E-state index in [1.165, 1.54) is 6.20 Å². The highest BCUT2D eigenvalue weighted by atomic mass is 16.1. The highest BCUT2D eigenvalue weighted by Crippen LogP contribution is 1.97. The van der Waals surface area contributed by atoms with E-state index in [9.17, 15) is 4.79 Å². The smallest absolute Gasteiger partial charge is 0.267 e. The summed E-state index contributed by atoms with van der Waals surface area (Å²) in [4.78, 5) is 14.4. The van der Waals surface area contributed by atoms with E-state index in [1.54, 1.807) is 19.1 Å². The molecule has 0 saturated carbocycles. The number of pyridine rings is 1.